The number of nitrogens with one attached hydrogen (secondary N) is 1. The SMILES string of the molecule is O=C(Nc1nccs1)c1ccc(C2CCC(C(=O)c3cnccc3C(F)(F)F)CC2)nn1. The number of nitrogens with zero attached hydrogens (tertiary/aromatic N) is 4. The Morgan fingerprint density at radius 2 is 1.81 bits per heavy atom. The normalized spacial score (nSPS) is 18.8. The van der Waals surface area contributed by atoms with Gasteiger partial charge in [0.25, 0.3) is 5.91 Å². The van der Waals surface area contributed by atoms with Crippen LogP contribution in [0.15, 0.2) is 42.2 Å². The molecule has 1 fully saturated rings. The third-order valence-corrected chi connectivity index (χ3v) is 6.17. The van der Waals surface area contributed by atoms with Crippen LogP contribution in [0.4, 0.5) is 18.3 Å². The molecule has 1 N–H and O–H groups in total. The number of alkyl halides is 3. The van der Waals surface area contributed by atoms with Crippen LogP contribution in [0, 0.1) is 5.92 Å². The number of Topliss-reactive ketones (excluding diaryl/α,β-unsaturated/α-hetero) is 1. The highest BCUT2D eigenvalue weighted by Crippen LogP contribution is 2.38. The molecule has 1 aliphatic carbocycles. The number of aromatic nitrogens is 4. The van der Waals surface area contributed by atoms with Crippen LogP contribution >= 0.6 is 11.3 Å². The molecule has 3 heterocycles. The Balaban J connectivity index is 1.38. The van der Waals surface area contributed by atoms with E-state index in [2.05, 4.69) is 25.5 Å². The summed E-state index contributed by atoms with van der Waals surface area (Å²) in [5, 5.41) is 13.0. The number of thiazole rings is 1. The summed E-state index contributed by atoms with van der Waals surface area (Å²) in [5.41, 5.74) is -0.473. The monoisotopic (exact) mass is 461 g/mol. The van der Waals surface area contributed by atoms with Crippen molar-refractivity contribution in [3.8, 4) is 0 Å². The van der Waals surface area contributed by atoms with E-state index in [1.54, 1.807) is 23.7 Å². The number of carbonyl (C=O) groups excluding carboxylic acids is 2. The van der Waals surface area contributed by atoms with Gasteiger partial charge in [-0.2, -0.15) is 18.3 Å². The van der Waals surface area contributed by atoms with Crippen LogP contribution in [0.3, 0.4) is 0 Å². The minimum absolute atomic E-state index is 0.0265. The zero-order valence-corrected chi connectivity index (χ0v) is 17.5. The summed E-state index contributed by atoms with van der Waals surface area (Å²) < 4.78 is 39.7. The van der Waals surface area contributed by atoms with Gasteiger partial charge in [-0.3, -0.25) is 19.9 Å². The second-order valence-corrected chi connectivity index (χ2v) is 8.36. The predicted octanol–water partition coefficient (Wildman–Crippen LogP) is 4.76. The van der Waals surface area contributed by atoms with Crippen molar-refractivity contribution in [1.82, 2.24) is 20.2 Å². The van der Waals surface area contributed by atoms with E-state index < -0.39 is 29.3 Å². The van der Waals surface area contributed by atoms with E-state index in [0.29, 0.717) is 36.5 Å². The van der Waals surface area contributed by atoms with Gasteiger partial charge >= 0.3 is 6.18 Å². The number of anilines is 1. The molecule has 0 spiro atoms. The number of pyridine rings is 1. The molecule has 0 unspecified atom stereocenters. The van der Waals surface area contributed by atoms with Crippen LogP contribution in [0.1, 0.15) is 63.7 Å². The van der Waals surface area contributed by atoms with Crippen LogP contribution in [0.5, 0.6) is 0 Å². The van der Waals surface area contributed by atoms with Gasteiger partial charge in [0.2, 0.25) is 0 Å². The first-order valence-electron chi connectivity index (χ1n) is 9.93. The van der Waals surface area contributed by atoms with E-state index in [4.69, 9.17) is 0 Å². The summed E-state index contributed by atoms with van der Waals surface area (Å²) in [4.78, 5) is 32.6. The molecule has 3 aromatic heterocycles. The van der Waals surface area contributed by atoms with Gasteiger partial charge in [0.05, 0.1) is 11.3 Å². The number of hydrogen-bond donors (Lipinski definition) is 1. The molecule has 0 bridgehead atoms. The third-order valence-electron chi connectivity index (χ3n) is 5.48. The minimum atomic E-state index is -4.60. The van der Waals surface area contributed by atoms with Crippen LogP contribution in [-0.4, -0.2) is 31.9 Å². The maximum atomic E-state index is 13.2. The standard InChI is InChI=1S/C21H18F3N5O2S/c22-21(23,24)15-7-8-25-11-14(15)18(30)13-3-1-12(2-4-13)16-5-6-17(29-28-16)19(31)27-20-26-9-10-32-20/h5-13H,1-4H2,(H,26,27,31). The van der Waals surface area contributed by atoms with Crippen LogP contribution in [-0.2, 0) is 6.18 Å². The first-order chi connectivity index (χ1) is 15.3. The number of rotatable bonds is 5. The molecule has 4 rings (SSSR count). The van der Waals surface area contributed by atoms with Crippen molar-refractivity contribution in [2.24, 2.45) is 5.92 Å². The molecular weight excluding hydrogens is 443 g/mol. The molecule has 11 heteroatoms. The van der Waals surface area contributed by atoms with Crippen LogP contribution in [0.2, 0.25) is 0 Å². The van der Waals surface area contributed by atoms with Gasteiger partial charge in [-0.05, 0) is 43.9 Å². The fourth-order valence-corrected chi connectivity index (χ4v) is 4.36. The second kappa shape index (κ2) is 9.11. The maximum Gasteiger partial charge on any atom is 0.417 e. The van der Waals surface area contributed by atoms with E-state index in [-0.39, 0.29) is 17.2 Å². The Labute approximate surface area is 185 Å². The largest absolute Gasteiger partial charge is 0.417 e. The molecule has 0 atom stereocenters. The van der Waals surface area contributed by atoms with Gasteiger partial charge < -0.3 is 0 Å². The van der Waals surface area contributed by atoms with E-state index in [1.165, 1.54) is 11.3 Å². The highest BCUT2D eigenvalue weighted by molar-refractivity contribution is 7.13. The first kappa shape index (κ1) is 22.0. The Kier molecular flexibility index (Phi) is 6.26. The molecule has 166 valence electrons. The van der Waals surface area contributed by atoms with Crippen molar-refractivity contribution in [2.45, 2.75) is 37.8 Å². The van der Waals surface area contributed by atoms with E-state index in [1.807, 2.05) is 0 Å². The molecule has 3 aromatic rings. The van der Waals surface area contributed by atoms with Crippen molar-refractivity contribution in [2.75, 3.05) is 5.32 Å². The quantitative estimate of drug-likeness (QED) is 0.551. The Morgan fingerprint density at radius 1 is 1.03 bits per heavy atom. The first-order valence-corrected chi connectivity index (χ1v) is 10.8. The molecule has 7 nitrogen and oxygen atoms in total. The fraction of sp³-hybridized carbons (Fsp3) is 0.333. The van der Waals surface area contributed by atoms with Crippen molar-refractivity contribution >= 4 is 28.2 Å². The zero-order valence-electron chi connectivity index (χ0n) is 16.7. The van der Waals surface area contributed by atoms with Crippen molar-refractivity contribution in [3.63, 3.8) is 0 Å². The molecule has 0 aromatic carbocycles. The Morgan fingerprint density at radius 3 is 2.44 bits per heavy atom. The van der Waals surface area contributed by atoms with Crippen LogP contribution < -0.4 is 5.32 Å². The van der Waals surface area contributed by atoms with E-state index in [0.717, 1.165) is 18.5 Å². The topological polar surface area (TPSA) is 97.7 Å². The van der Waals surface area contributed by atoms with Gasteiger partial charge in [0, 0.05) is 41.4 Å². The van der Waals surface area contributed by atoms with Crippen molar-refractivity contribution in [1.29, 1.82) is 0 Å². The molecule has 1 aliphatic rings. The Bertz CT molecular complexity index is 1100. The number of halogens is 3. The summed E-state index contributed by atoms with van der Waals surface area (Å²) in [5.74, 6) is -1.40. The maximum absolute atomic E-state index is 13.2. The van der Waals surface area contributed by atoms with E-state index >= 15 is 0 Å². The molecule has 32 heavy (non-hydrogen) atoms. The molecular formula is C21H18F3N5O2S. The van der Waals surface area contributed by atoms with Gasteiger partial charge in [-0.1, -0.05) is 0 Å². The average molecular weight is 461 g/mol. The highest BCUT2D eigenvalue weighted by Gasteiger charge is 2.37. The summed E-state index contributed by atoms with van der Waals surface area (Å²) in [6.07, 6.45) is 1.10. The van der Waals surface area contributed by atoms with Gasteiger partial charge in [-0.25, -0.2) is 4.98 Å². The molecule has 1 saturated carbocycles. The average Bonchev–Trinajstić information content (AvgIpc) is 3.31. The van der Waals surface area contributed by atoms with E-state index in [9.17, 15) is 22.8 Å². The highest BCUT2D eigenvalue weighted by atomic mass is 32.1. The number of amides is 1. The van der Waals surface area contributed by atoms with Crippen molar-refractivity contribution < 1.29 is 22.8 Å². The molecule has 0 saturated heterocycles. The lowest BCUT2D eigenvalue weighted by Gasteiger charge is -2.27. The van der Waals surface area contributed by atoms with Gasteiger partial charge in [0.15, 0.2) is 16.6 Å². The summed E-state index contributed by atoms with van der Waals surface area (Å²) in [7, 11) is 0. The van der Waals surface area contributed by atoms with Crippen molar-refractivity contribution in [3.05, 3.63) is 64.7 Å². The smallest absolute Gasteiger partial charge is 0.296 e. The minimum Gasteiger partial charge on any atom is -0.296 e. The summed E-state index contributed by atoms with van der Waals surface area (Å²) >= 11 is 1.29. The van der Waals surface area contributed by atoms with Gasteiger partial charge in [0.1, 0.15) is 0 Å². The molecule has 0 radical (unpaired) electrons. The lowest BCUT2D eigenvalue weighted by molar-refractivity contribution is -0.138. The lowest BCUT2D eigenvalue weighted by atomic mass is 9.77. The second-order valence-electron chi connectivity index (χ2n) is 7.47. The van der Waals surface area contributed by atoms with Crippen LogP contribution in [0.25, 0.3) is 0 Å². The predicted molar refractivity (Wildman–Crippen MR) is 110 cm³/mol. The third kappa shape index (κ3) is 4.82. The number of carbonyl (C=O) groups is 2. The molecule has 0 aliphatic heterocycles. The zero-order chi connectivity index (χ0) is 22.7. The number of ketones is 1. The Hall–Kier alpha value is -3.21. The molecule has 1 amide bonds. The lowest BCUT2D eigenvalue weighted by Crippen LogP contribution is -2.24. The van der Waals surface area contributed by atoms with Gasteiger partial charge in [-0.15, -0.1) is 16.4 Å². The summed E-state index contributed by atoms with van der Waals surface area (Å²) in [6, 6.07) is 4.13. The summed E-state index contributed by atoms with van der Waals surface area (Å²) in [6.45, 7) is 0. The fourth-order valence-electron chi connectivity index (χ4n) is 3.84. The number of hydrogen-bond acceptors (Lipinski definition) is 7.